The number of nitrogens with zero attached hydrogens (tertiary/aromatic N) is 12. The first kappa shape index (κ1) is 69.4. The monoisotopic (exact) mass is 1310 g/mol. The molecule has 2 N–H and O–H groups in total. The quantitative estimate of drug-likeness (QED) is 0.130. The van der Waals surface area contributed by atoms with Gasteiger partial charge in [-0.2, -0.15) is 0 Å². The number of aromatic nitrogens is 3. The number of halogens is 1. The number of benzene rings is 2. The zero-order chi connectivity index (χ0) is 65.5. The number of hydrogen-bond acceptors (Lipinski definition) is 16. The Hall–Kier alpha value is -7.10. The molecule has 3 unspecified atom stereocenters. The standard InChI is InChI=1S/C24H32N4O4.C13H16BrN3O2.C13H17N3O2.C11H18BNO4.BHNS/c1-25(2)13-18-20(31-5)11-15(12-21(18)32-6)17-14-27(4)23(29)22-16(17)7-10-28-19(22)8-9-26(3)24(28)30;1-15-5-4-10-11-8(3-6-17(10)13(15)19)9(14)7-16(2)12(11)18;1-14-6-3-9-4-8-16-10(11(9)12(14)17)5-7-15(2)13(16)18;1-13(2)7-9-10(16-3)5-8(12(14)15)6-11(9)17-4;1-2-3/h11-12,14,19H,7-10,13H2,1-6H3;7,10H,3-6H2,1-2H3;3,6,10H,4-5,7-8H2,1-2H3;5-6,14-15H,7H2,1-4H3;3H. The summed E-state index contributed by atoms with van der Waals surface area (Å²) in [6.45, 7) is 5.41. The van der Waals surface area contributed by atoms with E-state index >= 15 is 0 Å². The van der Waals surface area contributed by atoms with Gasteiger partial charge in [0.15, 0.2) is 0 Å². The third-order valence-corrected chi connectivity index (χ3v) is 17.8. The van der Waals surface area contributed by atoms with Gasteiger partial charge in [0.1, 0.15) is 23.0 Å². The SMILES string of the molecule is CN1CCC2c3c(c(Br)cn(C)c3=O)CCN2C1=O.CN1CCC2c3c(ccn(C)c3=O)CCN2C1=O.COc1cc(-c2cn(C)c(=O)c3c2CCN2C(=O)N(C)CCC32)cc(OC)c1CN(C)C.COc1cc(B(O)O)cc(OC)c1CN(C)C.[B]=NS. The van der Waals surface area contributed by atoms with Gasteiger partial charge >= 0.3 is 50.0 Å². The summed E-state index contributed by atoms with van der Waals surface area (Å²) in [5, 5.41) is 18.3. The molecule has 3 atom stereocenters. The molecule has 3 fully saturated rings. The van der Waals surface area contributed by atoms with Gasteiger partial charge in [-0.05, 0) is 141 Å². The Morgan fingerprint density at radius 2 is 0.944 bits per heavy atom. The molecule has 28 heteroatoms. The summed E-state index contributed by atoms with van der Waals surface area (Å²) in [5.41, 5.74) is 9.74. The average molecular weight is 1310 g/mol. The van der Waals surface area contributed by atoms with Gasteiger partial charge < -0.3 is 81.9 Å². The van der Waals surface area contributed by atoms with Crippen LogP contribution in [0.2, 0.25) is 0 Å². The molecule has 11 rings (SSSR count). The number of hydrogen-bond donors (Lipinski definition) is 3. The molecule has 479 valence electrons. The van der Waals surface area contributed by atoms with E-state index in [1.807, 2.05) is 106 Å². The van der Waals surface area contributed by atoms with Crippen molar-refractivity contribution in [2.75, 3.05) is 117 Å². The predicted molar refractivity (Wildman–Crippen MR) is 350 cm³/mol. The molecule has 3 saturated heterocycles. The summed E-state index contributed by atoms with van der Waals surface area (Å²) >= 11 is 6.73. The van der Waals surface area contributed by atoms with Crippen LogP contribution in [0.3, 0.4) is 0 Å². The van der Waals surface area contributed by atoms with Gasteiger partial charge in [-0.3, -0.25) is 14.4 Å². The van der Waals surface area contributed by atoms with E-state index in [1.165, 1.54) is 0 Å². The minimum atomic E-state index is -1.54. The number of pyridine rings is 3. The van der Waals surface area contributed by atoms with Gasteiger partial charge in [-0.15, -0.1) is 0 Å². The van der Waals surface area contributed by atoms with Crippen LogP contribution in [-0.4, -0.2) is 213 Å². The number of thiol groups is 1. The third-order valence-electron chi connectivity index (χ3n) is 17.1. The fraction of sp³-hybridized carbons (Fsp3) is 0.508. The Balaban J connectivity index is 0.000000173. The van der Waals surface area contributed by atoms with Crippen LogP contribution in [-0.2, 0) is 53.5 Å². The summed E-state index contributed by atoms with van der Waals surface area (Å²) in [7, 11) is 27.8. The number of amides is 6. The zero-order valence-corrected chi connectivity index (χ0v) is 56.1. The van der Waals surface area contributed by atoms with E-state index in [9.17, 15) is 38.8 Å². The molecule has 24 nitrogen and oxygen atoms in total. The van der Waals surface area contributed by atoms with E-state index in [0.717, 1.165) is 110 Å². The van der Waals surface area contributed by atoms with Crippen molar-refractivity contribution >= 4 is 67.1 Å². The predicted octanol–water partition coefficient (Wildman–Crippen LogP) is 4.36. The van der Waals surface area contributed by atoms with Crippen molar-refractivity contribution in [1.29, 1.82) is 0 Å². The molecular weight excluding hydrogens is 1230 g/mol. The van der Waals surface area contributed by atoms with Crippen molar-refractivity contribution in [3.05, 3.63) is 129 Å². The summed E-state index contributed by atoms with van der Waals surface area (Å²) in [6.07, 6.45) is 10.1. The van der Waals surface area contributed by atoms with E-state index in [2.05, 4.69) is 45.6 Å². The van der Waals surface area contributed by atoms with E-state index in [1.54, 1.807) is 90.1 Å². The maximum atomic E-state index is 13.2. The second kappa shape index (κ2) is 30.1. The molecule has 1 radical (unpaired) electrons. The van der Waals surface area contributed by atoms with Crippen LogP contribution in [0, 0.1) is 0 Å². The summed E-state index contributed by atoms with van der Waals surface area (Å²) < 4.78 is 30.4. The number of ether oxygens (including phenoxy) is 4. The molecule has 6 aliphatic heterocycles. The van der Waals surface area contributed by atoms with E-state index in [0.29, 0.717) is 69.2 Å². The molecule has 5 aromatic rings. The molecule has 3 aromatic heterocycles. The van der Waals surface area contributed by atoms with Crippen molar-refractivity contribution in [1.82, 2.24) is 52.9 Å². The van der Waals surface area contributed by atoms with Gasteiger partial charge in [0.2, 0.25) is 0 Å². The second-order valence-electron chi connectivity index (χ2n) is 23.4. The first-order chi connectivity index (χ1) is 42.3. The van der Waals surface area contributed by atoms with E-state index in [-0.39, 0.29) is 52.9 Å². The van der Waals surface area contributed by atoms with Gasteiger partial charge in [-0.25, -0.2) is 14.4 Å². The van der Waals surface area contributed by atoms with Gasteiger partial charge in [0.05, 0.1) is 57.7 Å². The molecule has 6 amide bonds. The molecule has 2 aromatic carbocycles. The topological polar surface area (TPSA) is 233 Å². The first-order valence-electron chi connectivity index (χ1n) is 29.3. The van der Waals surface area contributed by atoms with Gasteiger partial charge in [0.25, 0.3) is 16.7 Å². The number of methoxy groups -OCH3 is 4. The molecule has 0 bridgehead atoms. The molecule has 6 aliphatic rings. The third kappa shape index (κ3) is 14.9. The number of aryl methyl sites for hydroxylation is 3. The van der Waals surface area contributed by atoms with Crippen LogP contribution in [0.1, 0.15) is 81.9 Å². The first-order valence-corrected chi connectivity index (χ1v) is 30.5. The summed E-state index contributed by atoms with van der Waals surface area (Å²) in [6, 6.07) is 9.05. The Bertz CT molecular complexity index is 3570. The van der Waals surface area contributed by atoms with E-state index < -0.39 is 7.12 Å². The fourth-order valence-electron chi connectivity index (χ4n) is 12.6. The van der Waals surface area contributed by atoms with Crippen LogP contribution >= 0.6 is 28.7 Å². The molecule has 0 spiro atoms. The summed E-state index contributed by atoms with van der Waals surface area (Å²) in [5.74, 6) is 2.67. The molecule has 0 aliphatic carbocycles. The van der Waals surface area contributed by atoms with Crippen LogP contribution in [0.25, 0.3) is 11.1 Å². The summed E-state index contributed by atoms with van der Waals surface area (Å²) in [4.78, 5) is 89.7. The van der Waals surface area contributed by atoms with Gasteiger partial charge in [-0.1, -0.05) is 0 Å². The average Bonchev–Trinajstić information content (AvgIpc) is 0.801. The maximum absolute atomic E-state index is 13.2. The van der Waals surface area contributed by atoms with Crippen LogP contribution in [0.4, 0.5) is 14.4 Å². The number of rotatable bonds is 10. The number of carbonyl (C=O) groups is 3. The number of urea groups is 3. The van der Waals surface area contributed by atoms with Crippen molar-refractivity contribution in [2.24, 2.45) is 25.4 Å². The van der Waals surface area contributed by atoms with Gasteiger partial charge in [0, 0.05) is 140 Å². The van der Waals surface area contributed by atoms with Crippen molar-refractivity contribution in [3.63, 3.8) is 0 Å². The van der Waals surface area contributed by atoms with Crippen molar-refractivity contribution in [3.8, 4) is 34.1 Å². The van der Waals surface area contributed by atoms with Crippen LogP contribution in [0.15, 0.2) is 72.1 Å². The van der Waals surface area contributed by atoms with E-state index in [4.69, 9.17) is 18.9 Å². The normalized spacial score (nSPS) is 18.0. The number of carbonyl (C=O) groups excluding carboxylic acids is 3. The molecule has 9 heterocycles. The van der Waals surface area contributed by atoms with Crippen LogP contribution in [0.5, 0.6) is 23.0 Å². The fourth-order valence-corrected chi connectivity index (χ4v) is 13.3. The Morgan fingerprint density at radius 3 is 1.36 bits per heavy atom. The van der Waals surface area contributed by atoms with Crippen molar-refractivity contribution in [2.45, 2.75) is 69.7 Å². The zero-order valence-electron chi connectivity index (χ0n) is 53.6. The van der Waals surface area contributed by atoms with Crippen molar-refractivity contribution < 1.29 is 43.4 Å². The minimum absolute atomic E-state index is 0.00395. The number of fused-ring (bicyclic) bond motifs is 9. The Kier molecular flexibility index (Phi) is 23.5. The molecular formula is C61H84B2BrN12O12S. The van der Waals surface area contributed by atoms with Crippen LogP contribution < -0.4 is 41.1 Å². The second-order valence-corrected chi connectivity index (χ2v) is 24.5. The Morgan fingerprint density at radius 1 is 0.573 bits per heavy atom. The Labute approximate surface area is 536 Å². The molecule has 0 saturated carbocycles. The molecule has 89 heavy (non-hydrogen) atoms.